The molecule has 0 saturated heterocycles. The first-order valence-electron chi connectivity index (χ1n) is 6.70. The summed E-state index contributed by atoms with van der Waals surface area (Å²) >= 11 is 1.95. The van der Waals surface area contributed by atoms with Crippen LogP contribution in [0.4, 0.5) is 0 Å². The lowest BCUT2D eigenvalue weighted by molar-refractivity contribution is 0.373. The molecule has 18 heavy (non-hydrogen) atoms. The molecule has 1 aromatic heterocycles. The zero-order valence-electron chi connectivity index (χ0n) is 10.3. The van der Waals surface area contributed by atoms with Crippen LogP contribution in [0.5, 0.6) is 0 Å². The molecule has 5 heteroatoms. The third-order valence-electron chi connectivity index (χ3n) is 3.76. The molecule has 0 radical (unpaired) electrons. The highest BCUT2D eigenvalue weighted by molar-refractivity contribution is 7.99. The lowest BCUT2D eigenvalue weighted by Crippen LogP contribution is -2.08. The van der Waals surface area contributed by atoms with Crippen molar-refractivity contribution >= 4 is 11.8 Å². The quantitative estimate of drug-likeness (QED) is 0.834. The van der Waals surface area contributed by atoms with Crippen LogP contribution >= 0.6 is 11.8 Å². The van der Waals surface area contributed by atoms with Gasteiger partial charge in [-0.15, -0.1) is 0 Å². The van der Waals surface area contributed by atoms with Gasteiger partial charge in [-0.25, -0.2) is 0 Å². The Morgan fingerprint density at radius 1 is 1.33 bits per heavy atom. The molecule has 0 aromatic carbocycles. The van der Waals surface area contributed by atoms with Crippen LogP contribution in [0.1, 0.15) is 56.2 Å². The van der Waals surface area contributed by atoms with Crippen LogP contribution in [0, 0.1) is 17.2 Å². The van der Waals surface area contributed by atoms with Gasteiger partial charge in [0, 0.05) is 5.25 Å². The molecule has 1 aromatic rings. The van der Waals surface area contributed by atoms with Crippen LogP contribution < -0.4 is 0 Å². The van der Waals surface area contributed by atoms with Gasteiger partial charge in [0.1, 0.15) is 0 Å². The van der Waals surface area contributed by atoms with Crippen molar-refractivity contribution in [1.82, 2.24) is 10.1 Å². The largest absolute Gasteiger partial charge is 0.339 e. The fourth-order valence-corrected chi connectivity index (χ4v) is 3.68. The van der Waals surface area contributed by atoms with Crippen LogP contribution in [-0.4, -0.2) is 15.4 Å². The standard InChI is InChI=1S/C13H17N3OS/c14-7-9-6-11(9)13-15-12(16-17-13)8-18-10-4-2-1-3-5-10/h9-11H,1-6,8H2. The van der Waals surface area contributed by atoms with E-state index in [0.29, 0.717) is 5.89 Å². The van der Waals surface area contributed by atoms with Crippen LogP contribution in [0.3, 0.4) is 0 Å². The Kier molecular flexibility index (Phi) is 3.55. The van der Waals surface area contributed by atoms with E-state index in [0.717, 1.165) is 23.2 Å². The molecular weight excluding hydrogens is 246 g/mol. The Labute approximate surface area is 111 Å². The van der Waals surface area contributed by atoms with Gasteiger partial charge in [-0.3, -0.25) is 0 Å². The molecular formula is C13H17N3OS. The Morgan fingerprint density at radius 2 is 2.17 bits per heavy atom. The fraction of sp³-hybridized carbons (Fsp3) is 0.769. The summed E-state index contributed by atoms with van der Waals surface area (Å²) in [6, 6.07) is 2.25. The summed E-state index contributed by atoms with van der Waals surface area (Å²) in [7, 11) is 0. The predicted molar refractivity (Wildman–Crippen MR) is 68.9 cm³/mol. The van der Waals surface area contributed by atoms with Crippen molar-refractivity contribution in [2.75, 3.05) is 0 Å². The van der Waals surface area contributed by atoms with E-state index in [1.807, 2.05) is 11.8 Å². The smallest absolute Gasteiger partial charge is 0.231 e. The molecule has 2 fully saturated rings. The van der Waals surface area contributed by atoms with Gasteiger partial charge in [0.25, 0.3) is 0 Å². The first-order valence-corrected chi connectivity index (χ1v) is 7.75. The maximum atomic E-state index is 8.77. The van der Waals surface area contributed by atoms with Crippen molar-refractivity contribution in [2.24, 2.45) is 5.92 Å². The maximum Gasteiger partial charge on any atom is 0.231 e. The molecule has 4 nitrogen and oxygen atoms in total. The van der Waals surface area contributed by atoms with Gasteiger partial charge in [-0.05, 0) is 19.3 Å². The topological polar surface area (TPSA) is 62.7 Å². The third kappa shape index (κ3) is 2.69. The molecule has 0 bridgehead atoms. The van der Waals surface area contributed by atoms with Gasteiger partial charge in [0.2, 0.25) is 5.89 Å². The minimum absolute atomic E-state index is 0.101. The Balaban J connectivity index is 1.50. The van der Waals surface area contributed by atoms with Crippen molar-refractivity contribution in [2.45, 2.75) is 55.4 Å². The van der Waals surface area contributed by atoms with E-state index in [2.05, 4.69) is 16.2 Å². The van der Waals surface area contributed by atoms with E-state index in [9.17, 15) is 0 Å². The zero-order valence-corrected chi connectivity index (χ0v) is 11.2. The first kappa shape index (κ1) is 12.0. The van der Waals surface area contributed by atoms with Crippen LogP contribution in [0.15, 0.2) is 4.52 Å². The minimum atomic E-state index is 0.101. The number of nitriles is 1. The summed E-state index contributed by atoms with van der Waals surface area (Å²) in [5, 5.41) is 13.6. The second-order valence-electron chi connectivity index (χ2n) is 5.20. The number of aromatic nitrogens is 2. The molecule has 0 N–H and O–H groups in total. The second-order valence-corrected chi connectivity index (χ2v) is 6.49. The second kappa shape index (κ2) is 5.31. The average molecular weight is 263 g/mol. The number of rotatable bonds is 4. The van der Waals surface area contributed by atoms with Crippen LogP contribution in [0.2, 0.25) is 0 Å². The third-order valence-corrected chi connectivity index (χ3v) is 5.13. The Morgan fingerprint density at radius 3 is 2.89 bits per heavy atom. The van der Waals surface area contributed by atoms with E-state index in [1.165, 1.54) is 32.1 Å². The average Bonchev–Trinajstić information content (AvgIpc) is 3.07. The van der Waals surface area contributed by atoms with Crippen molar-refractivity contribution in [1.29, 1.82) is 5.26 Å². The van der Waals surface area contributed by atoms with Gasteiger partial charge in [0.05, 0.1) is 23.7 Å². The number of thioether (sulfide) groups is 1. The lowest BCUT2D eigenvalue weighted by atomic mass is 10.0. The van der Waals surface area contributed by atoms with E-state index < -0.39 is 0 Å². The summed E-state index contributed by atoms with van der Waals surface area (Å²) in [4.78, 5) is 4.41. The monoisotopic (exact) mass is 263 g/mol. The first-order chi connectivity index (χ1) is 8.86. The van der Waals surface area contributed by atoms with E-state index in [1.54, 1.807) is 0 Å². The van der Waals surface area contributed by atoms with Crippen molar-refractivity contribution in [3.63, 3.8) is 0 Å². The highest BCUT2D eigenvalue weighted by atomic mass is 32.2. The van der Waals surface area contributed by atoms with Crippen LogP contribution in [-0.2, 0) is 5.75 Å². The summed E-state index contributed by atoms with van der Waals surface area (Å²) in [6.07, 6.45) is 7.65. The molecule has 2 saturated carbocycles. The molecule has 3 rings (SSSR count). The highest BCUT2D eigenvalue weighted by Gasteiger charge is 2.43. The highest BCUT2D eigenvalue weighted by Crippen LogP contribution is 2.46. The molecule has 0 spiro atoms. The van der Waals surface area contributed by atoms with Crippen molar-refractivity contribution in [3.8, 4) is 6.07 Å². The fourth-order valence-electron chi connectivity index (χ4n) is 2.51. The molecule has 0 aliphatic heterocycles. The summed E-state index contributed by atoms with van der Waals surface area (Å²) in [6.45, 7) is 0. The Hall–Kier alpha value is -1.02. The lowest BCUT2D eigenvalue weighted by Gasteiger charge is -2.19. The number of hydrogen-bond donors (Lipinski definition) is 0. The number of hydrogen-bond acceptors (Lipinski definition) is 5. The van der Waals surface area contributed by atoms with Crippen molar-refractivity contribution < 1.29 is 4.52 Å². The summed E-state index contributed by atoms with van der Waals surface area (Å²) in [5.74, 6) is 2.61. The van der Waals surface area contributed by atoms with E-state index in [-0.39, 0.29) is 11.8 Å². The van der Waals surface area contributed by atoms with Crippen LogP contribution in [0.25, 0.3) is 0 Å². The zero-order chi connectivity index (χ0) is 12.4. The van der Waals surface area contributed by atoms with E-state index in [4.69, 9.17) is 9.78 Å². The number of nitrogens with zero attached hydrogens (tertiary/aromatic N) is 3. The van der Waals surface area contributed by atoms with E-state index >= 15 is 0 Å². The Bertz CT molecular complexity index is 447. The summed E-state index contributed by atoms with van der Waals surface area (Å²) in [5.41, 5.74) is 0. The van der Waals surface area contributed by atoms with Gasteiger partial charge in [-0.2, -0.15) is 22.0 Å². The van der Waals surface area contributed by atoms with Gasteiger partial charge in [0.15, 0.2) is 5.82 Å². The van der Waals surface area contributed by atoms with Crippen molar-refractivity contribution in [3.05, 3.63) is 11.7 Å². The molecule has 2 atom stereocenters. The molecule has 2 aliphatic carbocycles. The summed E-state index contributed by atoms with van der Waals surface area (Å²) < 4.78 is 5.23. The molecule has 1 heterocycles. The minimum Gasteiger partial charge on any atom is -0.339 e. The maximum absolute atomic E-state index is 8.77. The molecule has 2 unspecified atom stereocenters. The SMILES string of the molecule is N#CC1CC1c1nc(CSC2CCCCC2)no1. The van der Waals surface area contributed by atoms with Gasteiger partial charge < -0.3 is 4.52 Å². The molecule has 96 valence electrons. The molecule has 2 aliphatic rings. The van der Waals surface area contributed by atoms with Gasteiger partial charge >= 0.3 is 0 Å². The predicted octanol–water partition coefficient (Wildman–Crippen LogP) is 3.26. The van der Waals surface area contributed by atoms with Gasteiger partial charge in [-0.1, -0.05) is 24.4 Å². The molecule has 0 amide bonds. The normalized spacial score (nSPS) is 27.9.